The van der Waals surface area contributed by atoms with E-state index in [0.29, 0.717) is 0 Å². The molecule has 0 fully saturated rings. The van der Waals surface area contributed by atoms with E-state index in [0.717, 1.165) is 35.6 Å². The van der Waals surface area contributed by atoms with Crippen LogP contribution in [0.25, 0.3) is 6.08 Å². The molecule has 0 atom stereocenters. The summed E-state index contributed by atoms with van der Waals surface area (Å²) in [5.74, 6) is -0.258. The number of hydrogen-bond acceptors (Lipinski definition) is 4. The van der Waals surface area contributed by atoms with Crippen LogP contribution < -0.4 is 14.9 Å². The molecule has 0 spiro atoms. The topological polar surface area (TPSA) is 78.5 Å². The third kappa shape index (κ3) is 4.52. The Bertz CT molecular complexity index is 1230. The fourth-order valence-electron chi connectivity index (χ4n) is 3.63. The average Bonchev–Trinajstić information content (AvgIpc) is 3.22. The van der Waals surface area contributed by atoms with Crippen molar-refractivity contribution in [2.75, 3.05) is 23.8 Å². The van der Waals surface area contributed by atoms with E-state index in [-0.39, 0.29) is 10.8 Å². The van der Waals surface area contributed by atoms with Crippen molar-refractivity contribution in [3.63, 3.8) is 0 Å². The molecule has 1 heterocycles. The van der Waals surface area contributed by atoms with Gasteiger partial charge in [0.15, 0.2) is 0 Å². The molecule has 0 saturated heterocycles. The molecule has 3 aromatic carbocycles. The molecule has 3 aromatic rings. The molecule has 0 radical (unpaired) electrons. The predicted molar refractivity (Wildman–Crippen MR) is 124 cm³/mol. The molecule has 2 N–H and O–H groups in total. The quantitative estimate of drug-likeness (QED) is 0.577. The molecule has 7 heteroatoms. The molecule has 4 rings (SSSR count). The zero-order valence-corrected chi connectivity index (χ0v) is 17.9. The first-order valence-corrected chi connectivity index (χ1v) is 11.4. The van der Waals surface area contributed by atoms with E-state index in [4.69, 9.17) is 0 Å². The SMILES string of the molecule is CNS(=O)(=O)c1ccc(/C=C/C(=O)Nc2ccccc2N2CCc3ccccc32)cc1. The number of amides is 1. The number of sulfonamides is 1. The number of carbonyl (C=O) groups is 1. The summed E-state index contributed by atoms with van der Waals surface area (Å²) in [6.07, 6.45) is 4.06. The number of anilines is 3. The van der Waals surface area contributed by atoms with Crippen LogP contribution >= 0.6 is 0 Å². The van der Waals surface area contributed by atoms with Crippen molar-refractivity contribution in [2.24, 2.45) is 0 Å². The van der Waals surface area contributed by atoms with Gasteiger partial charge in [-0.1, -0.05) is 42.5 Å². The summed E-state index contributed by atoms with van der Waals surface area (Å²) in [5, 5.41) is 2.96. The van der Waals surface area contributed by atoms with Crippen LogP contribution in [0.1, 0.15) is 11.1 Å². The summed E-state index contributed by atoms with van der Waals surface area (Å²) in [6, 6.07) is 22.4. The van der Waals surface area contributed by atoms with Gasteiger partial charge in [0.05, 0.1) is 16.3 Å². The molecule has 6 nitrogen and oxygen atoms in total. The van der Waals surface area contributed by atoms with Crippen LogP contribution in [0.15, 0.2) is 83.8 Å². The molecule has 0 bridgehead atoms. The first kappa shape index (κ1) is 20.8. The lowest BCUT2D eigenvalue weighted by Crippen LogP contribution is -2.18. The Morgan fingerprint density at radius 3 is 2.35 bits per heavy atom. The molecule has 0 unspecified atom stereocenters. The molecule has 1 aliphatic heterocycles. The fourth-order valence-corrected chi connectivity index (χ4v) is 4.36. The number of benzene rings is 3. The van der Waals surface area contributed by atoms with E-state index in [9.17, 15) is 13.2 Å². The molecule has 0 aromatic heterocycles. The highest BCUT2D eigenvalue weighted by atomic mass is 32.2. The molecule has 1 aliphatic rings. The zero-order chi connectivity index (χ0) is 21.8. The maximum absolute atomic E-state index is 12.5. The van der Waals surface area contributed by atoms with Crippen LogP contribution in [-0.4, -0.2) is 27.9 Å². The second kappa shape index (κ2) is 8.75. The summed E-state index contributed by atoms with van der Waals surface area (Å²) in [7, 11) is -2.11. The monoisotopic (exact) mass is 433 g/mol. The van der Waals surface area contributed by atoms with Crippen LogP contribution in [0, 0.1) is 0 Å². The van der Waals surface area contributed by atoms with Crippen molar-refractivity contribution in [1.82, 2.24) is 4.72 Å². The maximum Gasteiger partial charge on any atom is 0.248 e. The Labute approximate surface area is 182 Å². The Kier molecular flexibility index (Phi) is 5.88. The molecule has 0 aliphatic carbocycles. The number of fused-ring (bicyclic) bond motifs is 1. The second-order valence-electron chi connectivity index (χ2n) is 7.15. The van der Waals surface area contributed by atoms with Crippen LogP contribution in [0.4, 0.5) is 17.1 Å². The largest absolute Gasteiger partial charge is 0.339 e. The van der Waals surface area contributed by atoms with Gasteiger partial charge in [-0.3, -0.25) is 4.79 Å². The number of nitrogens with zero attached hydrogens (tertiary/aromatic N) is 1. The van der Waals surface area contributed by atoms with Gasteiger partial charge in [0.1, 0.15) is 0 Å². The second-order valence-corrected chi connectivity index (χ2v) is 9.03. The molecule has 1 amide bonds. The molecular formula is C24H23N3O3S. The third-order valence-electron chi connectivity index (χ3n) is 5.23. The number of carbonyl (C=O) groups excluding carboxylic acids is 1. The molecule has 0 saturated carbocycles. The Morgan fingerprint density at radius 1 is 0.935 bits per heavy atom. The minimum absolute atomic E-state index is 0.177. The van der Waals surface area contributed by atoms with Gasteiger partial charge in [0.25, 0.3) is 0 Å². The zero-order valence-electron chi connectivity index (χ0n) is 17.1. The number of nitrogens with one attached hydrogen (secondary N) is 2. The minimum atomic E-state index is -3.48. The van der Waals surface area contributed by atoms with Gasteiger partial charge in [-0.2, -0.15) is 0 Å². The van der Waals surface area contributed by atoms with Gasteiger partial charge in [-0.15, -0.1) is 0 Å². The van der Waals surface area contributed by atoms with E-state index < -0.39 is 10.0 Å². The predicted octanol–water partition coefficient (Wildman–Crippen LogP) is 3.94. The van der Waals surface area contributed by atoms with Crippen LogP contribution in [0.2, 0.25) is 0 Å². The summed E-state index contributed by atoms with van der Waals surface area (Å²) >= 11 is 0. The maximum atomic E-state index is 12.5. The lowest BCUT2D eigenvalue weighted by molar-refractivity contribution is -0.111. The van der Waals surface area contributed by atoms with E-state index >= 15 is 0 Å². The van der Waals surface area contributed by atoms with E-state index in [1.807, 2.05) is 36.4 Å². The smallest absolute Gasteiger partial charge is 0.248 e. The van der Waals surface area contributed by atoms with Crippen molar-refractivity contribution in [3.8, 4) is 0 Å². The van der Waals surface area contributed by atoms with Gasteiger partial charge in [0, 0.05) is 18.3 Å². The van der Waals surface area contributed by atoms with Crippen molar-refractivity contribution in [1.29, 1.82) is 0 Å². The summed E-state index contributed by atoms with van der Waals surface area (Å²) < 4.78 is 25.9. The van der Waals surface area contributed by atoms with Crippen molar-refractivity contribution < 1.29 is 13.2 Å². The van der Waals surface area contributed by atoms with Crippen molar-refractivity contribution in [3.05, 3.63) is 90.0 Å². The van der Waals surface area contributed by atoms with Crippen LogP contribution in [0.3, 0.4) is 0 Å². The first-order valence-electron chi connectivity index (χ1n) is 9.95. The number of hydrogen-bond donors (Lipinski definition) is 2. The summed E-state index contributed by atoms with van der Waals surface area (Å²) in [4.78, 5) is 14.9. The third-order valence-corrected chi connectivity index (χ3v) is 6.66. The van der Waals surface area contributed by atoms with E-state index in [1.165, 1.54) is 30.8 Å². The van der Waals surface area contributed by atoms with Crippen molar-refractivity contribution in [2.45, 2.75) is 11.3 Å². The van der Waals surface area contributed by atoms with Gasteiger partial charge < -0.3 is 10.2 Å². The molecular weight excluding hydrogens is 410 g/mol. The Morgan fingerprint density at radius 2 is 1.61 bits per heavy atom. The van der Waals surface area contributed by atoms with Gasteiger partial charge in [0.2, 0.25) is 15.9 Å². The van der Waals surface area contributed by atoms with E-state index in [1.54, 1.807) is 18.2 Å². The summed E-state index contributed by atoms with van der Waals surface area (Å²) in [5.41, 5.74) is 4.88. The number of para-hydroxylation sites is 3. The number of rotatable bonds is 6. The van der Waals surface area contributed by atoms with Crippen molar-refractivity contribution >= 4 is 39.1 Å². The van der Waals surface area contributed by atoms with E-state index in [2.05, 4.69) is 27.1 Å². The van der Waals surface area contributed by atoms with Crippen LogP contribution in [-0.2, 0) is 21.2 Å². The minimum Gasteiger partial charge on any atom is -0.339 e. The van der Waals surface area contributed by atoms with Gasteiger partial charge >= 0.3 is 0 Å². The standard InChI is InChI=1S/C24H23N3O3S/c1-25-31(29,30)20-13-10-18(11-14-20)12-15-24(28)26-21-7-3-5-9-23(21)27-17-16-19-6-2-4-8-22(19)27/h2-15,25H,16-17H2,1H3,(H,26,28)/b15-12+. The molecule has 158 valence electrons. The Balaban J connectivity index is 1.49. The average molecular weight is 434 g/mol. The molecule has 31 heavy (non-hydrogen) atoms. The first-order chi connectivity index (χ1) is 15.0. The Hall–Kier alpha value is -3.42. The highest BCUT2D eigenvalue weighted by Crippen LogP contribution is 2.38. The van der Waals surface area contributed by atoms with Gasteiger partial charge in [-0.05, 0) is 61.0 Å². The fraction of sp³-hybridized carbons (Fsp3) is 0.125. The van der Waals surface area contributed by atoms with Gasteiger partial charge in [-0.25, -0.2) is 13.1 Å². The highest BCUT2D eigenvalue weighted by Gasteiger charge is 2.22. The van der Waals surface area contributed by atoms with Crippen LogP contribution in [0.5, 0.6) is 0 Å². The highest BCUT2D eigenvalue weighted by molar-refractivity contribution is 7.89. The normalized spacial score (nSPS) is 13.4. The lowest BCUT2D eigenvalue weighted by Gasteiger charge is -2.22. The summed E-state index contributed by atoms with van der Waals surface area (Å²) in [6.45, 7) is 0.865. The lowest BCUT2D eigenvalue weighted by atomic mass is 10.1.